The van der Waals surface area contributed by atoms with E-state index in [0.29, 0.717) is 12.1 Å². The SMILES string of the molecule is CCOCC1(CCc2ccc(F)cn2)CC2CC(C1)N2C(C)(C)c1ccc(C)nc1. The second-order valence-corrected chi connectivity index (χ2v) is 9.71. The van der Waals surface area contributed by atoms with Crippen molar-refractivity contribution in [3.05, 3.63) is 59.4 Å². The molecule has 1 saturated carbocycles. The highest BCUT2D eigenvalue weighted by atomic mass is 19.1. The molecule has 2 aromatic rings. The standard InChI is InChI=1S/C25H34FN3O/c1-5-30-17-25(11-10-21-9-8-20(26)16-28-21)13-22-12-23(14-25)29(22)24(3,4)19-7-6-18(2)27-15-19/h6-9,15-16,22-23H,5,10-14,17H2,1-4H3. The van der Waals surface area contributed by atoms with Crippen LogP contribution in [-0.2, 0) is 16.7 Å². The zero-order chi connectivity index (χ0) is 21.4. The largest absolute Gasteiger partial charge is 0.381 e. The average Bonchev–Trinajstić information content (AvgIpc) is 2.72. The molecule has 0 N–H and O–H groups in total. The Kier molecular flexibility index (Phi) is 5.95. The van der Waals surface area contributed by atoms with Crippen molar-refractivity contribution >= 4 is 0 Å². The van der Waals surface area contributed by atoms with Crippen molar-refractivity contribution in [2.45, 2.75) is 77.4 Å². The van der Waals surface area contributed by atoms with E-state index in [1.807, 2.05) is 19.2 Å². The van der Waals surface area contributed by atoms with Gasteiger partial charge in [0, 0.05) is 41.8 Å². The van der Waals surface area contributed by atoms with Gasteiger partial charge in [-0.15, -0.1) is 0 Å². The molecule has 2 aromatic heterocycles. The van der Waals surface area contributed by atoms with E-state index < -0.39 is 0 Å². The number of fused-ring (bicyclic) bond motifs is 2. The van der Waals surface area contributed by atoms with Crippen molar-refractivity contribution < 1.29 is 9.13 Å². The maximum Gasteiger partial charge on any atom is 0.141 e. The van der Waals surface area contributed by atoms with Crippen LogP contribution in [0.4, 0.5) is 4.39 Å². The highest BCUT2D eigenvalue weighted by Gasteiger charge is 2.56. The Labute approximate surface area is 179 Å². The lowest BCUT2D eigenvalue weighted by Crippen LogP contribution is -2.69. The smallest absolute Gasteiger partial charge is 0.141 e. The molecule has 5 heteroatoms. The van der Waals surface area contributed by atoms with Gasteiger partial charge in [0.1, 0.15) is 5.82 Å². The molecule has 2 aliphatic heterocycles. The predicted molar refractivity (Wildman–Crippen MR) is 117 cm³/mol. The molecule has 3 aliphatic rings. The van der Waals surface area contributed by atoms with E-state index in [2.05, 4.69) is 47.8 Å². The average molecular weight is 412 g/mol. The fourth-order valence-electron chi connectivity index (χ4n) is 5.70. The van der Waals surface area contributed by atoms with E-state index in [4.69, 9.17) is 4.74 Å². The molecule has 3 fully saturated rings. The summed E-state index contributed by atoms with van der Waals surface area (Å²) >= 11 is 0. The first-order valence-corrected chi connectivity index (χ1v) is 11.2. The summed E-state index contributed by atoms with van der Waals surface area (Å²) < 4.78 is 19.2. The molecule has 2 saturated heterocycles. The second kappa shape index (κ2) is 8.35. The van der Waals surface area contributed by atoms with Gasteiger partial charge >= 0.3 is 0 Å². The van der Waals surface area contributed by atoms with Gasteiger partial charge < -0.3 is 4.74 Å². The number of piperidine rings is 1. The van der Waals surface area contributed by atoms with E-state index in [1.54, 1.807) is 0 Å². The molecular weight excluding hydrogens is 377 g/mol. The predicted octanol–water partition coefficient (Wildman–Crippen LogP) is 5.05. The molecule has 30 heavy (non-hydrogen) atoms. The number of aromatic nitrogens is 2. The summed E-state index contributed by atoms with van der Waals surface area (Å²) in [5.41, 5.74) is 3.47. The lowest BCUT2D eigenvalue weighted by molar-refractivity contribution is -0.160. The molecule has 0 radical (unpaired) electrons. The molecule has 0 amide bonds. The van der Waals surface area contributed by atoms with E-state index in [-0.39, 0.29) is 16.8 Å². The Morgan fingerprint density at radius 1 is 1.13 bits per heavy atom. The van der Waals surface area contributed by atoms with Crippen molar-refractivity contribution in [2.24, 2.45) is 5.41 Å². The van der Waals surface area contributed by atoms with Gasteiger partial charge in [-0.1, -0.05) is 6.07 Å². The Morgan fingerprint density at radius 2 is 1.90 bits per heavy atom. The Bertz CT molecular complexity index is 838. The monoisotopic (exact) mass is 411 g/mol. The molecule has 2 unspecified atom stereocenters. The number of rotatable bonds is 8. The fraction of sp³-hybridized carbons (Fsp3) is 0.600. The highest BCUT2D eigenvalue weighted by Crippen LogP contribution is 2.54. The van der Waals surface area contributed by atoms with Crippen molar-refractivity contribution in [3.63, 3.8) is 0 Å². The van der Waals surface area contributed by atoms with E-state index in [0.717, 1.165) is 50.3 Å². The summed E-state index contributed by atoms with van der Waals surface area (Å²) in [7, 11) is 0. The lowest BCUT2D eigenvalue weighted by Gasteiger charge is -2.64. The van der Waals surface area contributed by atoms with Crippen molar-refractivity contribution in [1.29, 1.82) is 0 Å². The van der Waals surface area contributed by atoms with E-state index in [9.17, 15) is 4.39 Å². The molecule has 4 heterocycles. The Balaban J connectivity index is 1.48. The molecule has 5 rings (SSSR count). The molecule has 0 aromatic carbocycles. The molecule has 162 valence electrons. The quantitative estimate of drug-likeness (QED) is 0.609. The third-order valence-corrected chi connectivity index (χ3v) is 7.24. The van der Waals surface area contributed by atoms with Gasteiger partial charge in [-0.05, 0) is 89.0 Å². The van der Waals surface area contributed by atoms with Crippen LogP contribution in [0.3, 0.4) is 0 Å². The van der Waals surface area contributed by atoms with Crippen LogP contribution >= 0.6 is 0 Å². The zero-order valence-corrected chi connectivity index (χ0v) is 18.7. The minimum Gasteiger partial charge on any atom is -0.381 e. The molecular formula is C25H34FN3O. The topological polar surface area (TPSA) is 38.2 Å². The third-order valence-electron chi connectivity index (χ3n) is 7.24. The summed E-state index contributed by atoms with van der Waals surface area (Å²) in [5, 5.41) is 0. The Morgan fingerprint density at radius 3 is 2.50 bits per heavy atom. The second-order valence-electron chi connectivity index (χ2n) is 9.71. The first kappa shape index (κ1) is 21.4. The summed E-state index contributed by atoms with van der Waals surface area (Å²) in [6.07, 6.45) is 8.84. The van der Waals surface area contributed by atoms with Gasteiger partial charge in [0.2, 0.25) is 0 Å². The van der Waals surface area contributed by atoms with Crippen LogP contribution in [0.1, 0.15) is 63.4 Å². The molecule has 0 spiro atoms. The van der Waals surface area contributed by atoms with Crippen molar-refractivity contribution in [1.82, 2.24) is 14.9 Å². The molecule has 4 nitrogen and oxygen atoms in total. The van der Waals surface area contributed by atoms with Crippen LogP contribution in [0.15, 0.2) is 36.7 Å². The van der Waals surface area contributed by atoms with Crippen molar-refractivity contribution in [2.75, 3.05) is 13.2 Å². The van der Waals surface area contributed by atoms with Crippen LogP contribution in [0.5, 0.6) is 0 Å². The van der Waals surface area contributed by atoms with Crippen LogP contribution in [0.25, 0.3) is 0 Å². The summed E-state index contributed by atoms with van der Waals surface area (Å²) in [6, 6.07) is 8.80. The fourth-order valence-corrected chi connectivity index (χ4v) is 5.70. The van der Waals surface area contributed by atoms with Crippen LogP contribution < -0.4 is 0 Å². The number of hydrogen-bond donors (Lipinski definition) is 0. The van der Waals surface area contributed by atoms with Gasteiger partial charge in [-0.3, -0.25) is 14.9 Å². The number of ether oxygens (including phenoxy) is 1. The van der Waals surface area contributed by atoms with E-state index >= 15 is 0 Å². The van der Waals surface area contributed by atoms with Gasteiger partial charge in [0.05, 0.1) is 12.8 Å². The van der Waals surface area contributed by atoms with Gasteiger partial charge in [0.25, 0.3) is 0 Å². The molecule has 2 atom stereocenters. The Hall–Kier alpha value is -1.85. The minimum atomic E-state index is -0.273. The number of halogens is 1. The van der Waals surface area contributed by atoms with Gasteiger partial charge in [-0.25, -0.2) is 4.39 Å². The normalized spacial score (nSPS) is 26.4. The van der Waals surface area contributed by atoms with E-state index in [1.165, 1.54) is 24.2 Å². The number of hydrogen-bond acceptors (Lipinski definition) is 4. The van der Waals surface area contributed by atoms with Crippen molar-refractivity contribution in [3.8, 4) is 0 Å². The first-order valence-electron chi connectivity index (χ1n) is 11.2. The number of pyridine rings is 2. The van der Waals surface area contributed by atoms with Gasteiger partial charge in [-0.2, -0.15) is 0 Å². The highest BCUT2D eigenvalue weighted by molar-refractivity contribution is 5.24. The summed E-state index contributed by atoms with van der Waals surface area (Å²) in [6.45, 7) is 10.3. The van der Waals surface area contributed by atoms with Crippen LogP contribution in [0.2, 0.25) is 0 Å². The number of nitrogens with zero attached hydrogens (tertiary/aromatic N) is 3. The third kappa shape index (κ3) is 4.15. The lowest BCUT2D eigenvalue weighted by atomic mass is 9.60. The minimum absolute atomic E-state index is 0.0232. The van der Waals surface area contributed by atoms with Gasteiger partial charge in [0.15, 0.2) is 0 Å². The summed E-state index contributed by atoms with van der Waals surface area (Å²) in [4.78, 5) is 11.5. The maximum absolute atomic E-state index is 13.2. The number of aryl methyl sites for hydroxylation is 2. The van der Waals surface area contributed by atoms with Crippen LogP contribution in [0, 0.1) is 18.2 Å². The zero-order valence-electron chi connectivity index (χ0n) is 18.7. The molecule has 1 aliphatic carbocycles. The molecule has 2 bridgehead atoms. The van der Waals surface area contributed by atoms with Crippen LogP contribution in [-0.4, -0.2) is 40.2 Å². The maximum atomic E-state index is 13.2. The first-order chi connectivity index (χ1) is 14.3. The summed E-state index contributed by atoms with van der Waals surface area (Å²) in [5.74, 6) is -0.273.